The third kappa shape index (κ3) is 2.67. The second kappa shape index (κ2) is 4.90. The van der Waals surface area contributed by atoms with E-state index < -0.39 is 0 Å². The number of hydrogen-bond donors (Lipinski definition) is 1. The van der Waals surface area contributed by atoms with Gasteiger partial charge in [-0.05, 0) is 29.7 Å². The third-order valence-electron chi connectivity index (χ3n) is 2.58. The number of nitrogens with two attached hydrogens (primary N) is 1. The predicted molar refractivity (Wildman–Crippen MR) is 63.5 cm³/mol. The van der Waals surface area contributed by atoms with Crippen LogP contribution in [-0.2, 0) is 6.42 Å². The Kier molecular flexibility index (Phi) is 3.32. The third-order valence-corrected chi connectivity index (χ3v) is 2.58. The standard InChI is InChI=1S/C14H14FN/c15-13-8-4-7-12(10-13)14(16)9-11-5-2-1-3-6-11/h1-8,10,14H,9,16H2/t14-/m0/s1. The summed E-state index contributed by atoms with van der Waals surface area (Å²) in [5, 5.41) is 0. The Balaban J connectivity index is 2.12. The molecule has 0 radical (unpaired) electrons. The van der Waals surface area contributed by atoms with E-state index in [1.54, 1.807) is 6.07 Å². The molecule has 0 bridgehead atoms. The summed E-state index contributed by atoms with van der Waals surface area (Å²) in [4.78, 5) is 0. The van der Waals surface area contributed by atoms with Crippen molar-refractivity contribution in [1.29, 1.82) is 0 Å². The van der Waals surface area contributed by atoms with Crippen molar-refractivity contribution in [2.24, 2.45) is 5.73 Å². The van der Waals surface area contributed by atoms with E-state index in [9.17, 15) is 4.39 Å². The van der Waals surface area contributed by atoms with Crippen LogP contribution in [0.4, 0.5) is 4.39 Å². The number of rotatable bonds is 3. The summed E-state index contributed by atoms with van der Waals surface area (Å²) in [7, 11) is 0. The fourth-order valence-corrected chi connectivity index (χ4v) is 1.72. The highest BCUT2D eigenvalue weighted by molar-refractivity contribution is 5.23. The number of benzene rings is 2. The van der Waals surface area contributed by atoms with Crippen LogP contribution in [0.25, 0.3) is 0 Å². The highest BCUT2D eigenvalue weighted by atomic mass is 19.1. The van der Waals surface area contributed by atoms with E-state index >= 15 is 0 Å². The van der Waals surface area contributed by atoms with Crippen LogP contribution in [0.15, 0.2) is 54.6 Å². The van der Waals surface area contributed by atoms with Crippen LogP contribution in [0.3, 0.4) is 0 Å². The maximum atomic E-state index is 13.0. The summed E-state index contributed by atoms with van der Waals surface area (Å²) in [6, 6.07) is 16.3. The average Bonchev–Trinajstić information content (AvgIpc) is 2.30. The summed E-state index contributed by atoms with van der Waals surface area (Å²) in [5.41, 5.74) is 8.03. The Morgan fingerprint density at radius 3 is 2.44 bits per heavy atom. The largest absolute Gasteiger partial charge is 0.324 e. The normalized spacial score (nSPS) is 12.4. The molecule has 0 aromatic heterocycles. The molecular weight excluding hydrogens is 201 g/mol. The lowest BCUT2D eigenvalue weighted by Gasteiger charge is -2.12. The lowest BCUT2D eigenvalue weighted by Crippen LogP contribution is -2.13. The van der Waals surface area contributed by atoms with Gasteiger partial charge in [-0.15, -0.1) is 0 Å². The van der Waals surface area contributed by atoms with Crippen LogP contribution in [0.5, 0.6) is 0 Å². The second-order valence-electron chi connectivity index (χ2n) is 3.85. The Morgan fingerprint density at radius 1 is 1.00 bits per heavy atom. The maximum Gasteiger partial charge on any atom is 0.123 e. The maximum absolute atomic E-state index is 13.0. The summed E-state index contributed by atoms with van der Waals surface area (Å²) in [6.45, 7) is 0. The average molecular weight is 215 g/mol. The molecule has 0 heterocycles. The van der Waals surface area contributed by atoms with Crippen LogP contribution >= 0.6 is 0 Å². The number of hydrogen-bond acceptors (Lipinski definition) is 1. The molecular formula is C14H14FN. The Labute approximate surface area is 94.7 Å². The minimum atomic E-state index is -0.235. The van der Waals surface area contributed by atoms with Crippen molar-refractivity contribution in [1.82, 2.24) is 0 Å². The highest BCUT2D eigenvalue weighted by Crippen LogP contribution is 2.16. The first-order chi connectivity index (χ1) is 7.75. The molecule has 0 spiro atoms. The van der Waals surface area contributed by atoms with Gasteiger partial charge < -0.3 is 5.73 Å². The van der Waals surface area contributed by atoms with E-state index in [2.05, 4.69) is 0 Å². The molecule has 0 amide bonds. The first-order valence-electron chi connectivity index (χ1n) is 5.30. The lowest BCUT2D eigenvalue weighted by atomic mass is 10.00. The quantitative estimate of drug-likeness (QED) is 0.836. The first kappa shape index (κ1) is 10.8. The molecule has 0 saturated carbocycles. The van der Waals surface area contributed by atoms with Gasteiger partial charge in [0.25, 0.3) is 0 Å². The molecule has 0 aliphatic heterocycles. The monoisotopic (exact) mass is 215 g/mol. The van der Waals surface area contributed by atoms with Crippen LogP contribution in [0, 0.1) is 5.82 Å². The molecule has 2 heteroatoms. The smallest absolute Gasteiger partial charge is 0.123 e. The molecule has 2 rings (SSSR count). The Hall–Kier alpha value is -1.67. The molecule has 0 saturated heterocycles. The molecule has 2 aromatic rings. The summed E-state index contributed by atoms with van der Waals surface area (Å²) in [6.07, 6.45) is 0.726. The van der Waals surface area contributed by atoms with Crippen LogP contribution in [0.2, 0.25) is 0 Å². The number of halogens is 1. The highest BCUT2D eigenvalue weighted by Gasteiger charge is 2.07. The minimum absolute atomic E-state index is 0.155. The SMILES string of the molecule is N[C@@H](Cc1ccccc1)c1cccc(F)c1. The van der Waals surface area contributed by atoms with Crippen molar-refractivity contribution in [3.8, 4) is 0 Å². The van der Waals surface area contributed by atoms with Gasteiger partial charge in [-0.1, -0.05) is 42.5 Å². The van der Waals surface area contributed by atoms with Crippen LogP contribution < -0.4 is 5.73 Å². The van der Waals surface area contributed by atoms with Gasteiger partial charge in [0.15, 0.2) is 0 Å². The van der Waals surface area contributed by atoms with Crippen LogP contribution in [-0.4, -0.2) is 0 Å². The topological polar surface area (TPSA) is 26.0 Å². The molecule has 0 unspecified atom stereocenters. The summed E-state index contributed by atoms with van der Waals surface area (Å²) < 4.78 is 13.0. The zero-order valence-electron chi connectivity index (χ0n) is 8.94. The van der Waals surface area contributed by atoms with Crippen molar-refractivity contribution < 1.29 is 4.39 Å². The molecule has 1 nitrogen and oxygen atoms in total. The fourth-order valence-electron chi connectivity index (χ4n) is 1.72. The fraction of sp³-hybridized carbons (Fsp3) is 0.143. The van der Waals surface area contributed by atoms with Crippen LogP contribution in [0.1, 0.15) is 17.2 Å². The van der Waals surface area contributed by atoms with E-state index in [0.29, 0.717) is 0 Å². The predicted octanol–water partition coefficient (Wildman–Crippen LogP) is 3.07. The van der Waals surface area contributed by atoms with E-state index in [4.69, 9.17) is 5.73 Å². The van der Waals surface area contributed by atoms with Crippen molar-refractivity contribution in [3.63, 3.8) is 0 Å². The second-order valence-corrected chi connectivity index (χ2v) is 3.85. The van der Waals surface area contributed by atoms with Crippen molar-refractivity contribution in [2.75, 3.05) is 0 Å². The lowest BCUT2D eigenvalue weighted by molar-refractivity contribution is 0.618. The van der Waals surface area contributed by atoms with Gasteiger partial charge in [-0.3, -0.25) is 0 Å². The molecule has 0 fully saturated rings. The summed E-state index contributed by atoms with van der Waals surface area (Å²) in [5.74, 6) is -0.235. The molecule has 82 valence electrons. The molecule has 0 aliphatic carbocycles. The molecule has 2 N–H and O–H groups in total. The Bertz CT molecular complexity index is 453. The van der Waals surface area contributed by atoms with Gasteiger partial charge in [-0.2, -0.15) is 0 Å². The van der Waals surface area contributed by atoms with E-state index in [0.717, 1.165) is 12.0 Å². The minimum Gasteiger partial charge on any atom is -0.324 e. The zero-order chi connectivity index (χ0) is 11.4. The van der Waals surface area contributed by atoms with Gasteiger partial charge in [0.1, 0.15) is 5.82 Å². The molecule has 0 aliphatic rings. The van der Waals surface area contributed by atoms with E-state index in [1.165, 1.54) is 17.7 Å². The molecule has 16 heavy (non-hydrogen) atoms. The molecule has 2 aromatic carbocycles. The first-order valence-corrected chi connectivity index (χ1v) is 5.30. The van der Waals surface area contributed by atoms with Crippen molar-refractivity contribution in [3.05, 3.63) is 71.5 Å². The molecule has 1 atom stereocenters. The van der Waals surface area contributed by atoms with Gasteiger partial charge in [0.2, 0.25) is 0 Å². The van der Waals surface area contributed by atoms with E-state index in [1.807, 2.05) is 36.4 Å². The summed E-state index contributed by atoms with van der Waals surface area (Å²) >= 11 is 0. The van der Waals surface area contributed by atoms with Crippen molar-refractivity contribution in [2.45, 2.75) is 12.5 Å². The van der Waals surface area contributed by atoms with Gasteiger partial charge >= 0.3 is 0 Å². The van der Waals surface area contributed by atoms with E-state index in [-0.39, 0.29) is 11.9 Å². The van der Waals surface area contributed by atoms with Gasteiger partial charge in [0, 0.05) is 6.04 Å². The van der Waals surface area contributed by atoms with Crippen molar-refractivity contribution >= 4 is 0 Å². The van der Waals surface area contributed by atoms with Gasteiger partial charge in [0.05, 0.1) is 0 Å². The van der Waals surface area contributed by atoms with Gasteiger partial charge in [-0.25, -0.2) is 4.39 Å². The Morgan fingerprint density at radius 2 is 1.75 bits per heavy atom. The zero-order valence-corrected chi connectivity index (χ0v) is 8.94.